The van der Waals surface area contributed by atoms with Gasteiger partial charge in [-0.05, 0) is 44.5 Å². The SMILES string of the molecule is CC(=O)C(/N=N/c1ccc(Cl)cc1[N+](=O)[O-])C(=O)Nc1ccc(C)cc1C. The monoisotopic (exact) mass is 388 g/mol. The molecule has 2 rings (SSSR count). The van der Waals surface area contributed by atoms with E-state index in [1.807, 2.05) is 26.0 Å². The van der Waals surface area contributed by atoms with Crippen molar-refractivity contribution in [2.45, 2.75) is 26.8 Å². The summed E-state index contributed by atoms with van der Waals surface area (Å²) in [5.74, 6) is -1.22. The largest absolute Gasteiger partial charge is 0.324 e. The number of halogens is 1. The van der Waals surface area contributed by atoms with E-state index >= 15 is 0 Å². The quantitative estimate of drug-likeness (QED) is 0.338. The first kappa shape index (κ1) is 20.2. The minimum absolute atomic E-state index is 0.102. The number of carbonyl (C=O) groups excluding carboxylic acids is 2. The molecule has 0 aromatic heterocycles. The molecule has 27 heavy (non-hydrogen) atoms. The summed E-state index contributed by atoms with van der Waals surface area (Å²) in [4.78, 5) is 34.7. The lowest BCUT2D eigenvalue weighted by atomic mass is 10.1. The Balaban J connectivity index is 2.27. The lowest BCUT2D eigenvalue weighted by Gasteiger charge is -2.12. The van der Waals surface area contributed by atoms with Gasteiger partial charge in [0.15, 0.2) is 11.5 Å². The minimum Gasteiger partial charge on any atom is -0.324 e. The van der Waals surface area contributed by atoms with Crippen molar-refractivity contribution in [3.63, 3.8) is 0 Å². The van der Waals surface area contributed by atoms with Crippen molar-refractivity contribution >= 4 is 40.4 Å². The van der Waals surface area contributed by atoms with Crippen LogP contribution < -0.4 is 5.32 Å². The van der Waals surface area contributed by atoms with E-state index in [1.54, 1.807) is 6.07 Å². The Labute approximate surface area is 160 Å². The number of nitro groups is 1. The Morgan fingerprint density at radius 3 is 2.48 bits per heavy atom. The zero-order valence-electron chi connectivity index (χ0n) is 14.9. The maximum atomic E-state index is 12.4. The van der Waals surface area contributed by atoms with E-state index in [0.29, 0.717) is 5.69 Å². The molecule has 0 aliphatic carbocycles. The fourth-order valence-corrected chi connectivity index (χ4v) is 2.49. The van der Waals surface area contributed by atoms with Gasteiger partial charge < -0.3 is 5.32 Å². The first-order chi connectivity index (χ1) is 12.7. The van der Waals surface area contributed by atoms with E-state index < -0.39 is 22.7 Å². The number of nitrogens with zero attached hydrogens (tertiary/aromatic N) is 3. The number of anilines is 1. The molecule has 0 spiro atoms. The number of hydrogen-bond donors (Lipinski definition) is 1. The van der Waals surface area contributed by atoms with Gasteiger partial charge in [-0.2, -0.15) is 5.11 Å². The van der Waals surface area contributed by atoms with Gasteiger partial charge in [0, 0.05) is 16.8 Å². The first-order valence-corrected chi connectivity index (χ1v) is 8.30. The van der Waals surface area contributed by atoms with E-state index in [9.17, 15) is 19.7 Å². The third kappa shape index (κ3) is 5.18. The summed E-state index contributed by atoms with van der Waals surface area (Å²) in [6.45, 7) is 4.94. The smallest absolute Gasteiger partial charge is 0.298 e. The molecular weight excluding hydrogens is 372 g/mol. The van der Waals surface area contributed by atoms with Crippen molar-refractivity contribution in [3.05, 3.63) is 62.7 Å². The maximum Gasteiger partial charge on any atom is 0.298 e. The van der Waals surface area contributed by atoms with E-state index in [-0.39, 0.29) is 16.4 Å². The molecule has 0 aliphatic heterocycles. The van der Waals surface area contributed by atoms with Crippen LogP contribution in [0.15, 0.2) is 46.6 Å². The van der Waals surface area contributed by atoms with Gasteiger partial charge in [0.1, 0.15) is 0 Å². The van der Waals surface area contributed by atoms with Crippen molar-refractivity contribution in [1.29, 1.82) is 0 Å². The van der Waals surface area contributed by atoms with Crippen molar-refractivity contribution in [1.82, 2.24) is 0 Å². The van der Waals surface area contributed by atoms with Crippen molar-refractivity contribution in [2.75, 3.05) is 5.32 Å². The fourth-order valence-electron chi connectivity index (χ4n) is 2.32. The normalized spacial score (nSPS) is 12.0. The molecule has 0 saturated carbocycles. The number of carbonyl (C=O) groups is 2. The second kappa shape index (κ2) is 8.50. The van der Waals surface area contributed by atoms with Crippen LogP contribution >= 0.6 is 11.6 Å². The highest BCUT2D eigenvalue weighted by Gasteiger charge is 2.24. The maximum absolute atomic E-state index is 12.4. The van der Waals surface area contributed by atoms with E-state index in [4.69, 9.17) is 11.6 Å². The van der Waals surface area contributed by atoms with Crippen LogP contribution in [-0.4, -0.2) is 22.7 Å². The van der Waals surface area contributed by atoms with Gasteiger partial charge in [0.25, 0.3) is 11.6 Å². The van der Waals surface area contributed by atoms with E-state index in [1.165, 1.54) is 19.1 Å². The van der Waals surface area contributed by atoms with E-state index in [2.05, 4.69) is 15.5 Å². The fraction of sp³-hybridized carbons (Fsp3) is 0.222. The Hall–Kier alpha value is -3.13. The number of Topliss-reactive ketones (excluding diaryl/α,β-unsaturated/α-hetero) is 1. The van der Waals surface area contributed by atoms with Gasteiger partial charge in [-0.1, -0.05) is 29.3 Å². The van der Waals surface area contributed by atoms with Crippen LogP contribution in [0.2, 0.25) is 5.02 Å². The molecule has 0 aliphatic rings. The molecule has 9 heteroatoms. The highest BCUT2D eigenvalue weighted by molar-refractivity contribution is 6.30. The van der Waals surface area contributed by atoms with Gasteiger partial charge in [-0.25, -0.2) is 0 Å². The predicted octanol–water partition coefficient (Wildman–Crippen LogP) is 4.55. The van der Waals surface area contributed by atoms with Gasteiger partial charge in [0.05, 0.1) is 4.92 Å². The molecule has 0 saturated heterocycles. The predicted molar refractivity (Wildman–Crippen MR) is 102 cm³/mol. The molecule has 2 aromatic carbocycles. The number of nitro benzene ring substituents is 1. The second-order valence-electron chi connectivity index (χ2n) is 5.93. The summed E-state index contributed by atoms with van der Waals surface area (Å²) >= 11 is 5.75. The lowest BCUT2D eigenvalue weighted by Crippen LogP contribution is -2.32. The van der Waals surface area contributed by atoms with Gasteiger partial charge in [0.2, 0.25) is 6.04 Å². The Kier molecular flexibility index (Phi) is 6.36. The zero-order chi connectivity index (χ0) is 20.1. The lowest BCUT2D eigenvalue weighted by molar-refractivity contribution is -0.384. The topological polar surface area (TPSA) is 114 Å². The summed E-state index contributed by atoms with van der Waals surface area (Å²) < 4.78 is 0. The molecule has 1 N–H and O–H groups in total. The molecule has 0 fully saturated rings. The zero-order valence-corrected chi connectivity index (χ0v) is 15.6. The van der Waals surface area contributed by atoms with Crippen LogP contribution in [0.25, 0.3) is 0 Å². The number of rotatable bonds is 6. The molecule has 0 heterocycles. The van der Waals surface area contributed by atoms with Gasteiger partial charge in [-0.15, -0.1) is 5.11 Å². The third-order valence-electron chi connectivity index (χ3n) is 3.69. The van der Waals surface area contributed by atoms with Crippen molar-refractivity contribution in [2.24, 2.45) is 10.2 Å². The molecule has 1 atom stereocenters. The highest BCUT2D eigenvalue weighted by atomic mass is 35.5. The molecule has 1 amide bonds. The number of amides is 1. The number of ketones is 1. The number of nitrogens with one attached hydrogen (secondary N) is 1. The molecule has 0 bridgehead atoms. The van der Waals surface area contributed by atoms with Crippen LogP contribution in [0.5, 0.6) is 0 Å². The van der Waals surface area contributed by atoms with Crippen LogP contribution in [0, 0.1) is 24.0 Å². The molecule has 1 unspecified atom stereocenters. The minimum atomic E-state index is -1.43. The first-order valence-electron chi connectivity index (χ1n) is 7.92. The molecule has 140 valence electrons. The highest BCUT2D eigenvalue weighted by Crippen LogP contribution is 2.30. The number of hydrogen-bond acceptors (Lipinski definition) is 6. The summed E-state index contributed by atoms with van der Waals surface area (Å²) in [6, 6.07) is 7.82. The van der Waals surface area contributed by atoms with Crippen LogP contribution in [-0.2, 0) is 9.59 Å². The van der Waals surface area contributed by atoms with Crippen molar-refractivity contribution < 1.29 is 14.5 Å². The molecule has 0 radical (unpaired) electrons. The number of azo groups is 1. The number of aryl methyl sites for hydroxylation is 2. The second-order valence-corrected chi connectivity index (χ2v) is 6.36. The van der Waals surface area contributed by atoms with Gasteiger partial charge in [-0.3, -0.25) is 19.7 Å². The van der Waals surface area contributed by atoms with Crippen LogP contribution in [0.3, 0.4) is 0 Å². The Morgan fingerprint density at radius 2 is 1.89 bits per heavy atom. The summed E-state index contributed by atoms with van der Waals surface area (Å²) in [6.07, 6.45) is 0. The average Bonchev–Trinajstić information content (AvgIpc) is 2.58. The Bertz CT molecular complexity index is 943. The van der Waals surface area contributed by atoms with E-state index in [0.717, 1.165) is 17.2 Å². The molecular formula is C18H17ClN4O4. The summed E-state index contributed by atoms with van der Waals surface area (Å²) in [7, 11) is 0. The molecule has 8 nitrogen and oxygen atoms in total. The Morgan fingerprint density at radius 1 is 1.19 bits per heavy atom. The summed E-state index contributed by atoms with van der Waals surface area (Å²) in [5, 5.41) is 21.3. The number of benzene rings is 2. The average molecular weight is 389 g/mol. The summed E-state index contributed by atoms with van der Waals surface area (Å²) in [5.41, 5.74) is 1.93. The van der Waals surface area contributed by atoms with Crippen molar-refractivity contribution in [3.8, 4) is 0 Å². The third-order valence-corrected chi connectivity index (χ3v) is 3.92. The standard InChI is InChI=1S/C18H17ClN4O4/c1-10-4-6-14(11(2)8-10)20-18(25)17(12(3)24)22-21-15-7-5-13(19)9-16(15)23(26)27/h4-9,17H,1-3H3,(H,20,25)/b22-21+. The molecule has 2 aromatic rings. The van der Waals surface area contributed by atoms with Crippen LogP contribution in [0.4, 0.5) is 17.1 Å². The van der Waals surface area contributed by atoms with Gasteiger partial charge >= 0.3 is 0 Å². The van der Waals surface area contributed by atoms with Crippen LogP contribution in [0.1, 0.15) is 18.1 Å².